The van der Waals surface area contributed by atoms with E-state index in [9.17, 15) is 4.79 Å². The van der Waals surface area contributed by atoms with Crippen LogP contribution in [0.4, 0.5) is 11.4 Å². The smallest absolute Gasteiger partial charge is 0.294 e. The molecule has 41 heavy (non-hydrogen) atoms. The van der Waals surface area contributed by atoms with Gasteiger partial charge in [0.05, 0.1) is 6.54 Å². The van der Waals surface area contributed by atoms with Crippen molar-refractivity contribution in [3.63, 3.8) is 0 Å². The van der Waals surface area contributed by atoms with E-state index in [0.717, 1.165) is 54.2 Å². The van der Waals surface area contributed by atoms with Crippen LogP contribution in [0.5, 0.6) is 0 Å². The van der Waals surface area contributed by atoms with Gasteiger partial charge < -0.3 is 19.5 Å². The molecule has 0 saturated carbocycles. The Balaban J connectivity index is 1.34. The molecule has 0 spiro atoms. The molecule has 3 aromatic heterocycles. The number of hydrogen-bond acceptors (Lipinski definition) is 7. The molecule has 5 aromatic rings. The van der Waals surface area contributed by atoms with Crippen molar-refractivity contribution in [2.24, 2.45) is 0 Å². The maximum atomic E-state index is 14.1. The fraction of sp³-hybridized carbons (Fsp3) is 0.152. The number of rotatable bonds is 7. The Morgan fingerprint density at radius 1 is 0.927 bits per heavy atom. The van der Waals surface area contributed by atoms with E-state index < -0.39 is 0 Å². The van der Waals surface area contributed by atoms with Crippen LogP contribution in [0.25, 0.3) is 22.5 Å². The Bertz CT molecular complexity index is 1670. The summed E-state index contributed by atoms with van der Waals surface area (Å²) in [6.45, 7) is 4.13. The molecule has 0 atom stereocenters. The number of nitriles is 1. The first kappa shape index (κ1) is 26.0. The summed E-state index contributed by atoms with van der Waals surface area (Å²) in [7, 11) is 0. The Labute approximate surface area is 238 Å². The summed E-state index contributed by atoms with van der Waals surface area (Å²) in [4.78, 5) is 26.6. The summed E-state index contributed by atoms with van der Waals surface area (Å²) >= 11 is 0. The summed E-state index contributed by atoms with van der Waals surface area (Å²) < 4.78 is 6.04. The summed E-state index contributed by atoms with van der Waals surface area (Å²) in [5.74, 6) is 0.471. The van der Waals surface area contributed by atoms with Crippen LogP contribution >= 0.6 is 0 Å². The molecular formula is C33H28N6O2. The molecule has 1 aliphatic heterocycles. The zero-order chi connectivity index (χ0) is 28.0. The number of piperazine rings is 1. The second kappa shape index (κ2) is 11.9. The lowest BCUT2D eigenvalue weighted by Gasteiger charge is -2.30. The van der Waals surface area contributed by atoms with Crippen molar-refractivity contribution >= 4 is 17.3 Å². The number of furan rings is 1. The van der Waals surface area contributed by atoms with E-state index in [1.165, 1.54) is 0 Å². The molecule has 6 rings (SSSR count). The van der Waals surface area contributed by atoms with Gasteiger partial charge in [-0.25, -0.2) is 4.98 Å². The van der Waals surface area contributed by atoms with Crippen LogP contribution in [0.1, 0.15) is 21.8 Å². The molecule has 0 unspecified atom stereocenters. The number of carbonyl (C=O) groups is 1. The first-order valence-corrected chi connectivity index (χ1v) is 13.5. The molecule has 2 aromatic carbocycles. The Kier molecular flexibility index (Phi) is 7.52. The zero-order valence-corrected chi connectivity index (χ0v) is 22.4. The molecule has 4 heterocycles. The van der Waals surface area contributed by atoms with Crippen molar-refractivity contribution in [2.45, 2.75) is 6.54 Å². The number of amides is 1. The SMILES string of the molecule is N#Cc1ccc(-c2ccc(C(=O)N(Cc3ccccc3-c3cccnc3)c3ccc(N4CCNCC4)cc3)o2)cn1. The number of anilines is 2. The number of aromatic nitrogens is 2. The molecule has 202 valence electrons. The van der Waals surface area contributed by atoms with Crippen molar-refractivity contribution < 1.29 is 9.21 Å². The van der Waals surface area contributed by atoms with E-state index in [4.69, 9.17) is 9.68 Å². The van der Waals surface area contributed by atoms with Crippen LogP contribution in [0.15, 0.2) is 108 Å². The van der Waals surface area contributed by atoms with Crippen molar-refractivity contribution in [3.05, 3.63) is 121 Å². The van der Waals surface area contributed by atoms with Gasteiger partial charge in [-0.1, -0.05) is 30.3 Å². The topological polar surface area (TPSA) is 98.3 Å². The molecule has 0 bridgehead atoms. The standard InChI is InChI=1S/C33H28N6O2/c34-20-27-8-7-25(22-37-27)31-13-14-32(41-31)33(40)39(29-11-9-28(10-12-29)38-18-16-35-17-19-38)23-26-4-1-2-6-30(26)24-5-3-15-36-21-24/h1-15,21-22,35H,16-19,23H2. The highest BCUT2D eigenvalue weighted by Gasteiger charge is 2.24. The number of benzene rings is 2. The lowest BCUT2D eigenvalue weighted by atomic mass is 10.0. The predicted molar refractivity (Wildman–Crippen MR) is 158 cm³/mol. The summed E-state index contributed by atoms with van der Waals surface area (Å²) in [5.41, 5.74) is 5.90. The van der Waals surface area contributed by atoms with Crippen LogP contribution < -0.4 is 15.1 Å². The quantitative estimate of drug-likeness (QED) is 0.290. The van der Waals surface area contributed by atoms with Crippen molar-refractivity contribution in [1.29, 1.82) is 5.26 Å². The van der Waals surface area contributed by atoms with Gasteiger partial charge in [-0.3, -0.25) is 9.78 Å². The van der Waals surface area contributed by atoms with Crippen LogP contribution in [0.3, 0.4) is 0 Å². The van der Waals surface area contributed by atoms with Crippen molar-refractivity contribution in [3.8, 4) is 28.5 Å². The number of carbonyl (C=O) groups excluding carboxylic acids is 1. The van der Waals surface area contributed by atoms with E-state index in [1.54, 1.807) is 41.6 Å². The molecule has 8 heteroatoms. The fourth-order valence-corrected chi connectivity index (χ4v) is 5.03. The van der Waals surface area contributed by atoms with Gasteiger partial charge in [0.1, 0.15) is 17.5 Å². The summed E-state index contributed by atoms with van der Waals surface area (Å²) in [6, 6.07) is 29.0. The Morgan fingerprint density at radius 3 is 2.49 bits per heavy atom. The molecule has 1 N–H and O–H groups in total. The van der Waals surface area contributed by atoms with Crippen molar-refractivity contribution in [1.82, 2.24) is 15.3 Å². The number of nitrogens with one attached hydrogen (secondary N) is 1. The summed E-state index contributed by atoms with van der Waals surface area (Å²) in [5, 5.41) is 12.4. The van der Waals surface area contributed by atoms with E-state index in [1.807, 2.05) is 60.8 Å². The minimum atomic E-state index is -0.256. The molecular weight excluding hydrogens is 512 g/mol. The molecule has 1 aliphatic rings. The normalized spacial score (nSPS) is 13.0. The largest absolute Gasteiger partial charge is 0.451 e. The van der Waals surface area contributed by atoms with Gasteiger partial charge >= 0.3 is 0 Å². The van der Waals surface area contributed by atoms with E-state index in [-0.39, 0.29) is 11.7 Å². The lowest BCUT2D eigenvalue weighted by Crippen LogP contribution is -2.43. The molecule has 0 radical (unpaired) electrons. The third-order valence-corrected chi connectivity index (χ3v) is 7.19. The highest BCUT2D eigenvalue weighted by atomic mass is 16.4. The fourth-order valence-electron chi connectivity index (χ4n) is 5.03. The second-order valence-electron chi connectivity index (χ2n) is 9.75. The number of nitrogens with zero attached hydrogens (tertiary/aromatic N) is 5. The van der Waals surface area contributed by atoms with Gasteiger partial charge in [-0.2, -0.15) is 5.26 Å². The maximum Gasteiger partial charge on any atom is 0.294 e. The predicted octanol–water partition coefficient (Wildman–Crippen LogP) is 5.53. The highest BCUT2D eigenvalue weighted by molar-refractivity contribution is 6.04. The van der Waals surface area contributed by atoms with Crippen molar-refractivity contribution in [2.75, 3.05) is 36.0 Å². The minimum Gasteiger partial charge on any atom is -0.451 e. The maximum absolute atomic E-state index is 14.1. The van der Waals surface area contributed by atoms with Crippen LogP contribution in [-0.4, -0.2) is 42.1 Å². The van der Waals surface area contributed by atoms with Gasteiger partial charge in [-0.15, -0.1) is 0 Å². The van der Waals surface area contributed by atoms with E-state index in [2.05, 4.69) is 32.3 Å². The number of pyridine rings is 2. The number of hydrogen-bond donors (Lipinski definition) is 1. The second-order valence-corrected chi connectivity index (χ2v) is 9.75. The molecule has 1 saturated heterocycles. The van der Waals surface area contributed by atoms with Gasteiger partial charge in [0, 0.05) is 67.3 Å². The highest BCUT2D eigenvalue weighted by Crippen LogP contribution is 2.30. The van der Waals surface area contributed by atoms with E-state index in [0.29, 0.717) is 23.6 Å². The Morgan fingerprint density at radius 2 is 1.76 bits per heavy atom. The average Bonchev–Trinajstić information content (AvgIpc) is 3.55. The van der Waals surface area contributed by atoms with Gasteiger partial charge in [0.2, 0.25) is 0 Å². The monoisotopic (exact) mass is 540 g/mol. The molecule has 8 nitrogen and oxygen atoms in total. The van der Waals surface area contributed by atoms with E-state index >= 15 is 0 Å². The minimum absolute atomic E-state index is 0.217. The van der Waals surface area contributed by atoms with Crippen LogP contribution in [-0.2, 0) is 6.54 Å². The average molecular weight is 541 g/mol. The van der Waals surface area contributed by atoms with Gasteiger partial charge in [0.15, 0.2) is 5.76 Å². The third-order valence-electron chi connectivity index (χ3n) is 7.19. The van der Waals surface area contributed by atoms with Gasteiger partial charge in [0.25, 0.3) is 5.91 Å². The molecule has 1 amide bonds. The van der Waals surface area contributed by atoms with Crippen LogP contribution in [0, 0.1) is 11.3 Å². The first-order valence-electron chi connectivity index (χ1n) is 13.5. The first-order chi connectivity index (χ1) is 20.2. The Hall–Kier alpha value is -5.26. The van der Waals surface area contributed by atoms with Gasteiger partial charge in [-0.05, 0) is 65.7 Å². The van der Waals surface area contributed by atoms with Crippen LogP contribution in [0.2, 0.25) is 0 Å². The lowest BCUT2D eigenvalue weighted by molar-refractivity contribution is 0.0959. The summed E-state index contributed by atoms with van der Waals surface area (Å²) in [6.07, 6.45) is 5.15. The molecule has 0 aliphatic carbocycles. The molecule has 1 fully saturated rings. The third kappa shape index (κ3) is 5.71. The zero-order valence-electron chi connectivity index (χ0n) is 22.4.